The zero-order valence-corrected chi connectivity index (χ0v) is 14.6. The first kappa shape index (κ1) is 17.1. The van der Waals surface area contributed by atoms with E-state index in [1.165, 1.54) is 6.33 Å². The normalized spacial score (nSPS) is 17.4. The molecule has 1 atom stereocenters. The maximum absolute atomic E-state index is 13.0. The number of piperidine rings is 1. The average Bonchev–Trinajstić information content (AvgIpc) is 3.14. The Morgan fingerprint density at radius 2 is 2.08 bits per heavy atom. The van der Waals surface area contributed by atoms with Crippen LogP contribution in [0.25, 0.3) is 0 Å². The van der Waals surface area contributed by atoms with Crippen LogP contribution >= 0.6 is 0 Å². The van der Waals surface area contributed by atoms with Crippen molar-refractivity contribution in [3.8, 4) is 0 Å². The minimum absolute atomic E-state index is 0.0213. The van der Waals surface area contributed by atoms with Gasteiger partial charge in [0, 0.05) is 32.7 Å². The molecule has 0 spiro atoms. The third kappa shape index (κ3) is 3.87. The summed E-state index contributed by atoms with van der Waals surface area (Å²) in [5.74, 6) is -0.0458. The van der Waals surface area contributed by atoms with Gasteiger partial charge in [-0.2, -0.15) is 5.10 Å². The zero-order chi connectivity index (χ0) is 17.8. The van der Waals surface area contributed by atoms with Crippen molar-refractivity contribution in [2.45, 2.75) is 19.4 Å². The molecular formula is C18H23N5O2. The van der Waals surface area contributed by atoms with Gasteiger partial charge in [0.15, 0.2) is 0 Å². The van der Waals surface area contributed by atoms with E-state index in [2.05, 4.69) is 10.1 Å². The van der Waals surface area contributed by atoms with Gasteiger partial charge in [-0.3, -0.25) is 9.59 Å². The monoisotopic (exact) mass is 341 g/mol. The van der Waals surface area contributed by atoms with E-state index in [9.17, 15) is 9.59 Å². The topological polar surface area (TPSA) is 71.3 Å². The zero-order valence-electron chi connectivity index (χ0n) is 14.6. The standard InChI is InChI=1S/C18H23N5O2/c1-21(2)17(24)15-7-5-9-22(10-15)18(25)16-8-4-3-6-14(16)11-23-13-19-12-20-23/h3-4,6,8,12-13,15H,5,7,9-11H2,1-2H3/t15-/m0/s1. The summed E-state index contributed by atoms with van der Waals surface area (Å²) < 4.78 is 1.70. The van der Waals surface area contributed by atoms with Crippen LogP contribution in [-0.4, -0.2) is 63.6 Å². The van der Waals surface area contributed by atoms with E-state index in [1.54, 1.807) is 34.9 Å². The number of hydrogen-bond acceptors (Lipinski definition) is 4. The number of aromatic nitrogens is 3. The third-order valence-electron chi connectivity index (χ3n) is 4.55. The number of nitrogens with zero attached hydrogens (tertiary/aromatic N) is 5. The fourth-order valence-electron chi connectivity index (χ4n) is 3.25. The summed E-state index contributed by atoms with van der Waals surface area (Å²) in [6.07, 6.45) is 4.79. The average molecular weight is 341 g/mol. The predicted molar refractivity (Wildman–Crippen MR) is 92.9 cm³/mol. The number of hydrogen-bond donors (Lipinski definition) is 0. The SMILES string of the molecule is CN(C)C(=O)[C@H]1CCCN(C(=O)c2ccccc2Cn2cncn2)C1. The maximum atomic E-state index is 13.0. The Kier molecular flexibility index (Phi) is 5.11. The molecule has 0 aliphatic carbocycles. The molecular weight excluding hydrogens is 318 g/mol. The minimum atomic E-state index is -0.116. The Hall–Kier alpha value is -2.70. The Bertz CT molecular complexity index is 742. The van der Waals surface area contributed by atoms with Crippen molar-refractivity contribution in [3.63, 3.8) is 0 Å². The largest absolute Gasteiger partial charge is 0.349 e. The maximum Gasteiger partial charge on any atom is 0.254 e. The van der Waals surface area contributed by atoms with Crippen LogP contribution in [0.15, 0.2) is 36.9 Å². The lowest BCUT2D eigenvalue weighted by atomic mass is 9.95. The highest BCUT2D eigenvalue weighted by molar-refractivity contribution is 5.96. The van der Waals surface area contributed by atoms with Gasteiger partial charge in [0.25, 0.3) is 5.91 Å². The summed E-state index contributed by atoms with van der Waals surface area (Å²) in [4.78, 5) is 32.6. The molecule has 3 rings (SSSR count). The highest BCUT2D eigenvalue weighted by Gasteiger charge is 2.30. The summed E-state index contributed by atoms with van der Waals surface area (Å²) in [6, 6.07) is 7.55. The highest BCUT2D eigenvalue weighted by atomic mass is 16.2. The molecule has 1 aliphatic heterocycles. The number of rotatable bonds is 4. The first-order valence-corrected chi connectivity index (χ1v) is 8.47. The molecule has 1 aliphatic rings. The van der Waals surface area contributed by atoms with Gasteiger partial charge in [0.1, 0.15) is 12.7 Å². The first-order valence-electron chi connectivity index (χ1n) is 8.47. The number of benzene rings is 1. The van der Waals surface area contributed by atoms with Crippen molar-refractivity contribution in [2.24, 2.45) is 5.92 Å². The molecule has 1 saturated heterocycles. The second-order valence-electron chi connectivity index (χ2n) is 6.57. The van der Waals surface area contributed by atoms with Crippen molar-refractivity contribution in [1.82, 2.24) is 24.6 Å². The van der Waals surface area contributed by atoms with Gasteiger partial charge in [0.2, 0.25) is 5.91 Å². The van der Waals surface area contributed by atoms with Crippen LogP contribution < -0.4 is 0 Å². The summed E-state index contributed by atoms with van der Waals surface area (Å²) in [5.41, 5.74) is 1.56. The summed E-state index contributed by atoms with van der Waals surface area (Å²) in [7, 11) is 3.52. The Balaban J connectivity index is 1.77. The van der Waals surface area contributed by atoms with Gasteiger partial charge in [-0.25, -0.2) is 9.67 Å². The number of amides is 2. The van der Waals surface area contributed by atoms with Crippen molar-refractivity contribution < 1.29 is 9.59 Å². The van der Waals surface area contributed by atoms with Gasteiger partial charge in [-0.15, -0.1) is 0 Å². The Morgan fingerprint density at radius 1 is 1.28 bits per heavy atom. The van der Waals surface area contributed by atoms with E-state index in [4.69, 9.17) is 0 Å². The van der Waals surface area contributed by atoms with E-state index in [0.29, 0.717) is 25.2 Å². The molecule has 1 fully saturated rings. The summed E-state index contributed by atoms with van der Waals surface area (Å²) in [5, 5.41) is 4.11. The third-order valence-corrected chi connectivity index (χ3v) is 4.55. The van der Waals surface area contributed by atoms with Crippen LogP contribution in [0.2, 0.25) is 0 Å². The lowest BCUT2D eigenvalue weighted by Crippen LogP contribution is -2.45. The molecule has 2 amide bonds. The first-order chi connectivity index (χ1) is 12.1. The van der Waals surface area contributed by atoms with Crippen molar-refractivity contribution in [1.29, 1.82) is 0 Å². The summed E-state index contributed by atoms with van der Waals surface area (Å²) in [6.45, 7) is 1.66. The molecule has 132 valence electrons. The molecule has 25 heavy (non-hydrogen) atoms. The Morgan fingerprint density at radius 3 is 2.80 bits per heavy atom. The van der Waals surface area contributed by atoms with Crippen LogP contribution in [0.3, 0.4) is 0 Å². The quantitative estimate of drug-likeness (QED) is 0.839. The molecule has 0 unspecified atom stereocenters. The summed E-state index contributed by atoms with van der Waals surface area (Å²) >= 11 is 0. The number of carbonyl (C=O) groups excluding carboxylic acids is 2. The smallest absolute Gasteiger partial charge is 0.254 e. The molecule has 0 bridgehead atoms. The van der Waals surface area contributed by atoms with Crippen LogP contribution in [0.1, 0.15) is 28.8 Å². The van der Waals surface area contributed by atoms with Crippen LogP contribution in [0.4, 0.5) is 0 Å². The molecule has 2 heterocycles. The number of likely N-dealkylation sites (tertiary alicyclic amines) is 1. The van der Waals surface area contributed by atoms with Crippen LogP contribution in [-0.2, 0) is 11.3 Å². The lowest BCUT2D eigenvalue weighted by molar-refractivity contribution is -0.134. The molecule has 7 nitrogen and oxygen atoms in total. The van der Waals surface area contributed by atoms with Gasteiger partial charge < -0.3 is 9.80 Å². The van der Waals surface area contributed by atoms with Crippen molar-refractivity contribution in [2.75, 3.05) is 27.2 Å². The molecule has 2 aromatic rings. The second-order valence-corrected chi connectivity index (χ2v) is 6.57. The number of carbonyl (C=O) groups is 2. The van der Waals surface area contributed by atoms with Crippen molar-refractivity contribution in [3.05, 3.63) is 48.0 Å². The minimum Gasteiger partial charge on any atom is -0.349 e. The molecule has 0 N–H and O–H groups in total. The van der Waals surface area contributed by atoms with E-state index in [0.717, 1.165) is 18.4 Å². The Labute approximate surface area is 147 Å². The molecule has 1 aromatic heterocycles. The fourth-order valence-corrected chi connectivity index (χ4v) is 3.25. The van der Waals surface area contributed by atoms with Gasteiger partial charge >= 0.3 is 0 Å². The van der Waals surface area contributed by atoms with Gasteiger partial charge in [-0.1, -0.05) is 18.2 Å². The lowest BCUT2D eigenvalue weighted by Gasteiger charge is -2.33. The van der Waals surface area contributed by atoms with E-state index in [1.807, 2.05) is 24.3 Å². The molecule has 0 saturated carbocycles. The van der Waals surface area contributed by atoms with Crippen LogP contribution in [0, 0.1) is 5.92 Å². The van der Waals surface area contributed by atoms with E-state index >= 15 is 0 Å². The van der Waals surface area contributed by atoms with E-state index in [-0.39, 0.29) is 17.7 Å². The molecule has 1 aromatic carbocycles. The predicted octanol–water partition coefficient (Wildman–Crippen LogP) is 1.27. The van der Waals surface area contributed by atoms with Gasteiger partial charge in [-0.05, 0) is 24.5 Å². The fraction of sp³-hybridized carbons (Fsp3) is 0.444. The molecule has 0 radical (unpaired) electrons. The highest BCUT2D eigenvalue weighted by Crippen LogP contribution is 2.21. The van der Waals surface area contributed by atoms with Gasteiger partial charge in [0.05, 0.1) is 12.5 Å². The molecule has 7 heteroatoms. The van der Waals surface area contributed by atoms with Crippen LogP contribution in [0.5, 0.6) is 0 Å². The second kappa shape index (κ2) is 7.46. The van der Waals surface area contributed by atoms with Crippen molar-refractivity contribution >= 4 is 11.8 Å². The van der Waals surface area contributed by atoms with E-state index < -0.39 is 0 Å².